The number of carbonyl (C=O) groups excluding carboxylic acids is 3. The molecule has 4 rings (SSSR count). The number of anilines is 1. The highest BCUT2D eigenvalue weighted by Crippen LogP contribution is 2.28. The van der Waals surface area contributed by atoms with E-state index in [0.717, 1.165) is 30.1 Å². The molecule has 1 aliphatic rings. The van der Waals surface area contributed by atoms with Crippen LogP contribution in [0.5, 0.6) is 5.75 Å². The Morgan fingerprint density at radius 2 is 1.92 bits per heavy atom. The lowest BCUT2D eigenvalue weighted by Gasteiger charge is -2.20. The standard InChI is InChI=1S/C26H29ClN4O5S2/c1-26(2,3)36-22(32)14-35-16-6-5-15(12-28-23(33)19-7-8-21(27)37-19)18(11-16)29-24(34)25-30-17-9-10-31(4)13-20(17)38-25/h5-8,11H,9-10,12-14H2,1-4H3,(H,28,33)(H,29,34). The zero-order chi connectivity index (χ0) is 27.4. The maximum absolute atomic E-state index is 13.2. The van der Waals surface area contributed by atoms with Crippen LogP contribution in [0.2, 0.25) is 4.34 Å². The number of amides is 2. The van der Waals surface area contributed by atoms with E-state index in [2.05, 4.69) is 20.5 Å². The van der Waals surface area contributed by atoms with E-state index in [-0.39, 0.29) is 25.0 Å². The van der Waals surface area contributed by atoms with E-state index in [9.17, 15) is 14.4 Å². The van der Waals surface area contributed by atoms with Crippen LogP contribution < -0.4 is 15.4 Å². The largest absolute Gasteiger partial charge is 0.482 e. The molecule has 9 nitrogen and oxygen atoms in total. The number of esters is 1. The van der Waals surface area contributed by atoms with Gasteiger partial charge in [0.15, 0.2) is 11.6 Å². The number of hydrogen-bond donors (Lipinski definition) is 2. The molecule has 0 unspecified atom stereocenters. The normalized spacial score (nSPS) is 13.5. The lowest BCUT2D eigenvalue weighted by atomic mass is 10.1. The molecule has 12 heteroatoms. The van der Waals surface area contributed by atoms with Gasteiger partial charge in [-0.2, -0.15) is 0 Å². The second-order valence-corrected chi connectivity index (χ2v) is 12.6. The lowest BCUT2D eigenvalue weighted by molar-refractivity contribution is -0.157. The zero-order valence-corrected chi connectivity index (χ0v) is 23.9. The fourth-order valence-electron chi connectivity index (χ4n) is 3.72. The van der Waals surface area contributed by atoms with Crippen molar-refractivity contribution >= 4 is 57.7 Å². The molecule has 3 aromatic rings. The van der Waals surface area contributed by atoms with Gasteiger partial charge in [-0.05, 0) is 51.6 Å². The van der Waals surface area contributed by atoms with Gasteiger partial charge in [-0.25, -0.2) is 9.78 Å². The third-order valence-electron chi connectivity index (χ3n) is 5.46. The first-order valence-electron chi connectivity index (χ1n) is 12.0. The van der Waals surface area contributed by atoms with E-state index in [1.807, 2.05) is 7.05 Å². The van der Waals surface area contributed by atoms with Crippen molar-refractivity contribution in [2.45, 2.75) is 45.9 Å². The number of thiazole rings is 1. The van der Waals surface area contributed by atoms with E-state index in [0.29, 0.717) is 31.2 Å². The molecule has 2 aromatic heterocycles. The molecule has 3 heterocycles. The third-order valence-corrected chi connectivity index (χ3v) is 7.77. The van der Waals surface area contributed by atoms with E-state index in [1.54, 1.807) is 51.1 Å². The summed E-state index contributed by atoms with van der Waals surface area (Å²) in [5.41, 5.74) is 1.41. The van der Waals surface area contributed by atoms with Crippen molar-refractivity contribution in [3.8, 4) is 5.75 Å². The summed E-state index contributed by atoms with van der Waals surface area (Å²) >= 11 is 8.51. The number of fused-ring (bicyclic) bond motifs is 1. The van der Waals surface area contributed by atoms with E-state index < -0.39 is 11.6 Å². The van der Waals surface area contributed by atoms with Gasteiger partial charge in [0.2, 0.25) is 0 Å². The van der Waals surface area contributed by atoms with Crippen molar-refractivity contribution in [3.63, 3.8) is 0 Å². The molecule has 38 heavy (non-hydrogen) atoms. The number of aromatic nitrogens is 1. The number of likely N-dealkylation sites (N-methyl/N-ethyl adjacent to an activating group) is 1. The van der Waals surface area contributed by atoms with Gasteiger partial charge in [0.05, 0.1) is 14.9 Å². The Labute approximate surface area is 234 Å². The smallest absolute Gasteiger partial charge is 0.344 e. The number of thiophene rings is 1. The van der Waals surface area contributed by atoms with Gasteiger partial charge in [-0.3, -0.25) is 9.59 Å². The van der Waals surface area contributed by atoms with Crippen molar-refractivity contribution in [3.05, 3.63) is 60.7 Å². The minimum atomic E-state index is -0.629. The highest BCUT2D eigenvalue weighted by molar-refractivity contribution is 7.18. The van der Waals surface area contributed by atoms with Gasteiger partial charge < -0.3 is 25.0 Å². The van der Waals surface area contributed by atoms with Gasteiger partial charge in [0, 0.05) is 42.7 Å². The molecule has 0 aliphatic carbocycles. The van der Waals surface area contributed by atoms with Crippen LogP contribution in [-0.2, 0) is 29.0 Å². The van der Waals surface area contributed by atoms with Gasteiger partial charge in [0.1, 0.15) is 11.4 Å². The summed E-state index contributed by atoms with van der Waals surface area (Å²) in [6.07, 6.45) is 0.799. The monoisotopic (exact) mass is 576 g/mol. The van der Waals surface area contributed by atoms with Crippen molar-refractivity contribution in [1.29, 1.82) is 0 Å². The number of rotatable bonds is 8. The molecule has 0 radical (unpaired) electrons. The first kappa shape index (κ1) is 28.0. The topological polar surface area (TPSA) is 110 Å². The Hall–Kier alpha value is -2.99. The molecule has 202 valence electrons. The number of benzene rings is 1. The van der Waals surface area contributed by atoms with Crippen LogP contribution in [0.25, 0.3) is 0 Å². The van der Waals surface area contributed by atoms with Crippen LogP contribution in [0.1, 0.15) is 56.4 Å². The second-order valence-electron chi connectivity index (χ2n) is 9.81. The van der Waals surface area contributed by atoms with Crippen LogP contribution in [-0.4, -0.2) is 53.5 Å². The number of halogens is 1. The summed E-state index contributed by atoms with van der Waals surface area (Å²) in [4.78, 5) is 46.1. The van der Waals surface area contributed by atoms with Crippen molar-refractivity contribution in [2.75, 3.05) is 25.5 Å². The number of nitrogens with zero attached hydrogens (tertiary/aromatic N) is 2. The van der Waals surface area contributed by atoms with Crippen LogP contribution in [0, 0.1) is 0 Å². The van der Waals surface area contributed by atoms with E-state index in [1.165, 1.54) is 22.7 Å². The Bertz CT molecular complexity index is 1350. The predicted octanol–water partition coefficient (Wildman–Crippen LogP) is 4.75. The van der Waals surface area contributed by atoms with Gasteiger partial charge in [-0.1, -0.05) is 17.7 Å². The van der Waals surface area contributed by atoms with Crippen LogP contribution in [0.15, 0.2) is 30.3 Å². The molecule has 0 spiro atoms. The Kier molecular flexibility index (Phi) is 8.71. The minimum Gasteiger partial charge on any atom is -0.482 e. The molecular weight excluding hydrogens is 548 g/mol. The fourth-order valence-corrected chi connectivity index (χ4v) is 5.77. The maximum Gasteiger partial charge on any atom is 0.344 e. The molecule has 1 aromatic carbocycles. The predicted molar refractivity (Wildman–Crippen MR) is 148 cm³/mol. The van der Waals surface area contributed by atoms with Crippen LogP contribution in [0.4, 0.5) is 5.69 Å². The fraction of sp³-hybridized carbons (Fsp3) is 0.385. The number of carbonyl (C=O) groups is 3. The minimum absolute atomic E-state index is 0.148. The van der Waals surface area contributed by atoms with Gasteiger partial charge in [0.25, 0.3) is 11.8 Å². The highest BCUT2D eigenvalue weighted by Gasteiger charge is 2.23. The molecule has 0 fully saturated rings. The third kappa shape index (κ3) is 7.53. The Morgan fingerprint density at radius 3 is 2.63 bits per heavy atom. The average Bonchev–Trinajstić information content (AvgIpc) is 3.47. The van der Waals surface area contributed by atoms with Crippen molar-refractivity contribution < 1.29 is 23.9 Å². The van der Waals surface area contributed by atoms with Crippen LogP contribution in [0.3, 0.4) is 0 Å². The molecule has 0 atom stereocenters. The molecular formula is C26H29ClN4O5S2. The Balaban J connectivity index is 1.51. The number of ether oxygens (including phenoxy) is 2. The first-order valence-corrected chi connectivity index (χ1v) is 14.0. The maximum atomic E-state index is 13.2. The summed E-state index contributed by atoms with van der Waals surface area (Å²) in [6, 6.07) is 8.33. The van der Waals surface area contributed by atoms with Crippen molar-refractivity contribution in [1.82, 2.24) is 15.2 Å². The summed E-state index contributed by atoms with van der Waals surface area (Å²) < 4.78 is 11.4. The SMILES string of the molecule is CN1CCc2nc(C(=O)Nc3cc(OCC(=O)OC(C)(C)C)ccc3CNC(=O)c3ccc(Cl)s3)sc2C1. The zero-order valence-electron chi connectivity index (χ0n) is 21.6. The molecule has 2 N–H and O–H groups in total. The second kappa shape index (κ2) is 11.8. The average molecular weight is 577 g/mol. The molecule has 1 aliphatic heterocycles. The Morgan fingerprint density at radius 1 is 1.13 bits per heavy atom. The number of nitrogens with one attached hydrogen (secondary N) is 2. The van der Waals surface area contributed by atoms with E-state index in [4.69, 9.17) is 21.1 Å². The van der Waals surface area contributed by atoms with E-state index >= 15 is 0 Å². The quantitative estimate of drug-likeness (QED) is 0.372. The summed E-state index contributed by atoms with van der Waals surface area (Å²) in [7, 11) is 2.04. The van der Waals surface area contributed by atoms with Gasteiger partial charge >= 0.3 is 5.97 Å². The summed E-state index contributed by atoms with van der Waals surface area (Å²) in [6.45, 7) is 6.86. The van der Waals surface area contributed by atoms with Crippen LogP contribution >= 0.6 is 34.3 Å². The van der Waals surface area contributed by atoms with Crippen molar-refractivity contribution in [2.24, 2.45) is 0 Å². The highest BCUT2D eigenvalue weighted by atomic mass is 35.5. The molecule has 2 amide bonds. The lowest BCUT2D eigenvalue weighted by Crippen LogP contribution is -2.27. The summed E-state index contributed by atoms with van der Waals surface area (Å²) in [5, 5.41) is 6.13. The first-order chi connectivity index (χ1) is 18.0. The molecule has 0 bridgehead atoms. The molecule has 0 saturated heterocycles. The summed E-state index contributed by atoms with van der Waals surface area (Å²) in [5.74, 6) is -0.770. The number of hydrogen-bond acceptors (Lipinski definition) is 9. The molecule has 0 saturated carbocycles. The van der Waals surface area contributed by atoms with Gasteiger partial charge in [-0.15, -0.1) is 22.7 Å².